The molecule has 2 heterocycles. The van der Waals surface area contributed by atoms with Gasteiger partial charge in [-0.3, -0.25) is 9.78 Å². The van der Waals surface area contributed by atoms with Gasteiger partial charge in [0.1, 0.15) is 11.2 Å². The van der Waals surface area contributed by atoms with Gasteiger partial charge in [0.2, 0.25) is 5.89 Å². The average Bonchev–Trinajstić information content (AvgIpc) is 3.15. The zero-order valence-electron chi connectivity index (χ0n) is 14.7. The van der Waals surface area contributed by atoms with Gasteiger partial charge >= 0.3 is 0 Å². The van der Waals surface area contributed by atoms with Crippen molar-refractivity contribution in [3.8, 4) is 0 Å². The van der Waals surface area contributed by atoms with Gasteiger partial charge < -0.3 is 14.7 Å². The molecule has 2 aliphatic rings. The first-order chi connectivity index (χ1) is 12.1. The predicted molar refractivity (Wildman–Crippen MR) is 92.4 cm³/mol. The number of nitrogens with zero attached hydrogens (tertiary/aromatic N) is 4. The molecule has 0 saturated heterocycles. The summed E-state index contributed by atoms with van der Waals surface area (Å²) < 4.78 is 5.43. The molecule has 7 heteroatoms. The highest BCUT2D eigenvalue weighted by molar-refractivity contribution is 5.93. The Morgan fingerprint density at radius 2 is 2.08 bits per heavy atom. The first-order valence-electron chi connectivity index (χ1n) is 8.87. The molecule has 0 bridgehead atoms. The minimum absolute atomic E-state index is 0.191. The molecular weight excluding hydrogens is 318 g/mol. The van der Waals surface area contributed by atoms with Crippen LogP contribution in [0.15, 0.2) is 22.9 Å². The standard InChI is InChI=1S/C18H23N5O2/c1-23(2)13-7-10-19-14(11-13)15(24)21-18(8-3-4-9-18)17-20-16(25-22-17)12-5-6-12/h7,10-12H,3-6,8-9H2,1-2H3,(H,21,24). The predicted octanol–water partition coefficient (Wildman–Crippen LogP) is 2.61. The summed E-state index contributed by atoms with van der Waals surface area (Å²) in [6, 6.07) is 3.67. The van der Waals surface area contributed by atoms with Crippen molar-refractivity contribution in [2.24, 2.45) is 0 Å². The van der Waals surface area contributed by atoms with Gasteiger partial charge in [0.15, 0.2) is 5.82 Å². The normalized spacial score (nSPS) is 19.0. The van der Waals surface area contributed by atoms with E-state index in [1.54, 1.807) is 12.3 Å². The van der Waals surface area contributed by atoms with Gasteiger partial charge in [-0.15, -0.1) is 0 Å². The fourth-order valence-corrected chi connectivity index (χ4v) is 3.41. The van der Waals surface area contributed by atoms with Crippen LogP contribution in [0, 0.1) is 0 Å². The van der Waals surface area contributed by atoms with E-state index in [1.807, 2.05) is 25.1 Å². The van der Waals surface area contributed by atoms with E-state index >= 15 is 0 Å². The summed E-state index contributed by atoms with van der Waals surface area (Å²) in [6.07, 6.45) is 7.62. The van der Waals surface area contributed by atoms with Crippen LogP contribution in [0.1, 0.15) is 66.6 Å². The SMILES string of the molecule is CN(C)c1ccnc(C(=O)NC2(c3noc(C4CC4)n3)CCCC2)c1. The Morgan fingerprint density at radius 1 is 1.32 bits per heavy atom. The molecule has 0 unspecified atom stereocenters. The second-order valence-corrected chi connectivity index (χ2v) is 7.27. The molecule has 2 aromatic rings. The van der Waals surface area contributed by atoms with E-state index in [9.17, 15) is 4.79 Å². The van der Waals surface area contributed by atoms with Crippen LogP contribution >= 0.6 is 0 Å². The zero-order chi connectivity index (χ0) is 17.4. The van der Waals surface area contributed by atoms with Crippen molar-refractivity contribution in [2.75, 3.05) is 19.0 Å². The van der Waals surface area contributed by atoms with E-state index in [2.05, 4.69) is 20.4 Å². The number of pyridine rings is 1. The van der Waals surface area contributed by atoms with Crippen molar-refractivity contribution in [1.82, 2.24) is 20.4 Å². The molecule has 25 heavy (non-hydrogen) atoms. The van der Waals surface area contributed by atoms with E-state index in [1.165, 1.54) is 0 Å². The Balaban J connectivity index is 1.58. The molecule has 0 aromatic carbocycles. The lowest BCUT2D eigenvalue weighted by atomic mass is 9.96. The lowest BCUT2D eigenvalue weighted by Crippen LogP contribution is -2.45. The minimum Gasteiger partial charge on any atom is -0.378 e. The maximum absolute atomic E-state index is 12.8. The summed E-state index contributed by atoms with van der Waals surface area (Å²) in [5.41, 5.74) is 0.809. The summed E-state index contributed by atoms with van der Waals surface area (Å²) in [4.78, 5) is 23.6. The van der Waals surface area contributed by atoms with Crippen LogP contribution in [0.5, 0.6) is 0 Å². The third-order valence-electron chi connectivity index (χ3n) is 5.10. The Hall–Kier alpha value is -2.44. The molecule has 1 N–H and O–H groups in total. The topological polar surface area (TPSA) is 84.2 Å². The summed E-state index contributed by atoms with van der Waals surface area (Å²) in [7, 11) is 3.88. The smallest absolute Gasteiger partial charge is 0.270 e. The van der Waals surface area contributed by atoms with Gasteiger partial charge in [-0.05, 0) is 37.8 Å². The number of carbonyl (C=O) groups is 1. The van der Waals surface area contributed by atoms with E-state index < -0.39 is 5.54 Å². The maximum Gasteiger partial charge on any atom is 0.270 e. The molecule has 2 fully saturated rings. The number of anilines is 1. The van der Waals surface area contributed by atoms with Gasteiger partial charge in [0.05, 0.1) is 0 Å². The first-order valence-corrected chi connectivity index (χ1v) is 8.87. The van der Waals surface area contributed by atoms with Crippen LogP contribution in [0.4, 0.5) is 5.69 Å². The monoisotopic (exact) mass is 341 g/mol. The Bertz CT molecular complexity index is 775. The van der Waals surface area contributed by atoms with Crippen molar-refractivity contribution in [3.63, 3.8) is 0 Å². The van der Waals surface area contributed by atoms with Crippen LogP contribution in [0.3, 0.4) is 0 Å². The summed E-state index contributed by atoms with van der Waals surface area (Å²) in [6.45, 7) is 0. The van der Waals surface area contributed by atoms with Gasteiger partial charge in [0.25, 0.3) is 5.91 Å². The first kappa shape index (κ1) is 16.1. The van der Waals surface area contributed by atoms with Crippen molar-refractivity contribution in [2.45, 2.75) is 50.0 Å². The second-order valence-electron chi connectivity index (χ2n) is 7.27. The van der Waals surface area contributed by atoms with E-state index in [0.29, 0.717) is 23.3 Å². The van der Waals surface area contributed by atoms with Gasteiger partial charge in [-0.2, -0.15) is 4.98 Å². The zero-order valence-corrected chi connectivity index (χ0v) is 14.7. The molecular formula is C18H23N5O2. The van der Waals surface area contributed by atoms with Gasteiger partial charge in [-0.25, -0.2) is 0 Å². The van der Waals surface area contributed by atoms with E-state index in [-0.39, 0.29) is 5.91 Å². The van der Waals surface area contributed by atoms with Crippen LogP contribution < -0.4 is 10.2 Å². The maximum atomic E-state index is 12.8. The molecule has 7 nitrogen and oxygen atoms in total. The van der Waals surface area contributed by atoms with Crippen LogP contribution in [0.2, 0.25) is 0 Å². The van der Waals surface area contributed by atoms with Crippen molar-refractivity contribution in [1.29, 1.82) is 0 Å². The Kier molecular flexibility index (Phi) is 3.94. The molecule has 0 radical (unpaired) electrons. The minimum atomic E-state index is -0.538. The van der Waals surface area contributed by atoms with E-state index in [0.717, 1.165) is 44.2 Å². The Labute approximate surface area is 146 Å². The summed E-state index contributed by atoms with van der Waals surface area (Å²) in [5.74, 6) is 1.55. The van der Waals surface area contributed by atoms with Crippen molar-refractivity contribution >= 4 is 11.6 Å². The molecule has 0 aliphatic heterocycles. The molecule has 1 amide bonds. The number of hydrogen-bond donors (Lipinski definition) is 1. The van der Waals surface area contributed by atoms with Crippen molar-refractivity contribution < 1.29 is 9.32 Å². The third-order valence-corrected chi connectivity index (χ3v) is 5.10. The molecule has 132 valence electrons. The van der Waals surface area contributed by atoms with Crippen LogP contribution in [-0.2, 0) is 5.54 Å². The van der Waals surface area contributed by atoms with E-state index in [4.69, 9.17) is 4.52 Å². The summed E-state index contributed by atoms with van der Waals surface area (Å²) >= 11 is 0. The molecule has 0 spiro atoms. The number of rotatable bonds is 5. The lowest BCUT2D eigenvalue weighted by molar-refractivity contribution is 0.0886. The van der Waals surface area contributed by atoms with Gasteiger partial charge in [-0.1, -0.05) is 18.0 Å². The van der Waals surface area contributed by atoms with Crippen LogP contribution in [-0.4, -0.2) is 35.1 Å². The number of hydrogen-bond acceptors (Lipinski definition) is 6. The third kappa shape index (κ3) is 3.10. The largest absolute Gasteiger partial charge is 0.378 e. The quantitative estimate of drug-likeness (QED) is 0.900. The number of nitrogens with one attached hydrogen (secondary N) is 1. The van der Waals surface area contributed by atoms with Crippen molar-refractivity contribution in [3.05, 3.63) is 35.7 Å². The highest BCUT2D eigenvalue weighted by Gasteiger charge is 2.43. The number of carbonyl (C=O) groups excluding carboxylic acids is 1. The average molecular weight is 341 g/mol. The molecule has 2 aliphatic carbocycles. The molecule has 4 rings (SSSR count). The fraction of sp³-hybridized carbons (Fsp3) is 0.556. The Morgan fingerprint density at radius 3 is 2.76 bits per heavy atom. The number of aromatic nitrogens is 3. The molecule has 0 atom stereocenters. The summed E-state index contributed by atoms with van der Waals surface area (Å²) in [5, 5.41) is 7.35. The van der Waals surface area contributed by atoms with Gasteiger partial charge in [0, 0.05) is 31.9 Å². The molecule has 2 aromatic heterocycles. The number of amides is 1. The highest BCUT2D eigenvalue weighted by atomic mass is 16.5. The second kappa shape index (κ2) is 6.13. The van der Waals surface area contributed by atoms with Crippen LogP contribution in [0.25, 0.3) is 0 Å². The molecule has 2 saturated carbocycles. The highest BCUT2D eigenvalue weighted by Crippen LogP contribution is 2.42. The fourth-order valence-electron chi connectivity index (χ4n) is 3.41. The lowest BCUT2D eigenvalue weighted by Gasteiger charge is -2.26.